The number of aliphatic carboxylic acids is 1. The van der Waals surface area contributed by atoms with Crippen LogP contribution in [-0.2, 0) is 4.79 Å². The lowest BCUT2D eigenvalue weighted by atomic mass is 10.2. The van der Waals surface area contributed by atoms with Gasteiger partial charge in [0.15, 0.2) is 0 Å². The first-order chi connectivity index (χ1) is 7.41. The van der Waals surface area contributed by atoms with Gasteiger partial charge in [0.1, 0.15) is 6.04 Å². The minimum atomic E-state index is -1.02. The first-order valence-electron chi connectivity index (χ1n) is 5.40. The Morgan fingerprint density at radius 1 is 1.44 bits per heavy atom. The van der Waals surface area contributed by atoms with Crippen molar-refractivity contribution in [1.82, 2.24) is 15.1 Å². The van der Waals surface area contributed by atoms with Gasteiger partial charge in [0.05, 0.1) is 0 Å². The number of carbonyl (C=O) groups is 2. The SMILES string of the molecule is CC1CN(C(=O)N[C@@H](C)C(=O)O)CCN1C. The normalized spacial score (nSPS) is 23.9. The van der Waals surface area contributed by atoms with Crippen LogP contribution in [0.1, 0.15) is 13.8 Å². The summed E-state index contributed by atoms with van der Waals surface area (Å²) in [6.07, 6.45) is 0. The number of amides is 2. The van der Waals surface area contributed by atoms with Crippen molar-refractivity contribution in [3.63, 3.8) is 0 Å². The number of nitrogens with zero attached hydrogens (tertiary/aromatic N) is 2. The van der Waals surface area contributed by atoms with Gasteiger partial charge in [-0.15, -0.1) is 0 Å². The molecule has 1 unspecified atom stereocenters. The fourth-order valence-electron chi connectivity index (χ4n) is 1.57. The van der Waals surface area contributed by atoms with Gasteiger partial charge in [0.25, 0.3) is 0 Å². The van der Waals surface area contributed by atoms with Crippen LogP contribution in [0.15, 0.2) is 0 Å². The number of urea groups is 1. The van der Waals surface area contributed by atoms with Crippen LogP contribution in [0.3, 0.4) is 0 Å². The van der Waals surface area contributed by atoms with E-state index in [0.717, 1.165) is 6.54 Å². The number of carboxylic acid groups (broad SMARTS) is 1. The Balaban J connectivity index is 2.46. The van der Waals surface area contributed by atoms with Crippen LogP contribution in [0, 0.1) is 0 Å². The first kappa shape index (κ1) is 12.8. The van der Waals surface area contributed by atoms with Gasteiger partial charge in [-0.3, -0.25) is 4.79 Å². The summed E-state index contributed by atoms with van der Waals surface area (Å²) in [5, 5.41) is 11.1. The molecule has 0 spiro atoms. The predicted octanol–water partition coefficient (Wildman–Crippen LogP) is -0.195. The molecular formula is C10H19N3O3. The predicted molar refractivity (Wildman–Crippen MR) is 59.3 cm³/mol. The van der Waals surface area contributed by atoms with Crippen LogP contribution in [-0.4, -0.2) is 65.7 Å². The molecule has 6 heteroatoms. The van der Waals surface area contributed by atoms with Gasteiger partial charge in [0.2, 0.25) is 0 Å². The number of likely N-dealkylation sites (N-methyl/N-ethyl adjacent to an activating group) is 1. The van der Waals surface area contributed by atoms with E-state index in [1.54, 1.807) is 4.90 Å². The summed E-state index contributed by atoms with van der Waals surface area (Å²) in [4.78, 5) is 26.1. The average Bonchev–Trinajstić information content (AvgIpc) is 2.21. The van der Waals surface area contributed by atoms with Gasteiger partial charge in [-0.05, 0) is 20.9 Å². The van der Waals surface area contributed by atoms with Gasteiger partial charge < -0.3 is 20.2 Å². The quantitative estimate of drug-likeness (QED) is 0.688. The number of carbonyl (C=O) groups excluding carboxylic acids is 1. The number of hydrogen-bond acceptors (Lipinski definition) is 3. The summed E-state index contributed by atoms with van der Waals surface area (Å²) in [5.74, 6) is -1.02. The van der Waals surface area contributed by atoms with E-state index in [1.807, 2.05) is 14.0 Å². The summed E-state index contributed by atoms with van der Waals surface area (Å²) in [5.41, 5.74) is 0. The van der Waals surface area contributed by atoms with Crippen LogP contribution in [0.4, 0.5) is 4.79 Å². The molecule has 2 atom stereocenters. The highest BCUT2D eigenvalue weighted by molar-refractivity contribution is 5.82. The second kappa shape index (κ2) is 5.16. The number of carboxylic acids is 1. The highest BCUT2D eigenvalue weighted by Gasteiger charge is 2.25. The van der Waals surface area contributed by atoms with Crippen LogP contribution in [0.25, 0.3) is 0 Å². The van der Waals surface area contributed by atoms with E-state index < -0.39 is 12.0 Å². The molecule has 16 heavy (non-hydrogen) atoms. The fraction of sp³-hybridized carbons (Fsp3) is 0.800. The molecule has 1 aliphatic rings. The number of hydrogen-bond donors (Lipinski definition) is 2. The Morgan fingerprint density at radius 3 is 2.56 bits per heavy atom. The van der Waals surface area contributed by atoms with E-state index in [-0.39, 0.29) is 6.03 Å². The first-order valence-corrected chi connectivity index (χ1v) is 5.40. The van der Waals surface area contributed by atoms with Gasteiger partial charge in [0, 0.05) is 25.7 Å². The fourth-order valence-corrected chi connectivity index (χ4v) is 1.57. The summed E-state index contributed by atoms with van der Waals surface area (Å²) in [6.45, 7) is 5.59. The number of rotatable bonds is 2. The van der Waals surface area contributed by atoms with Gasteiger partial charge in [-0.2, -0.15) is 0 Å². The monoisotopic (exact) mass is 229 g/mol. The summed E-state index contributed by atoms with van der Waals surface area (Å²) < 4.78 is 0. The second-order valence-electron chi connectivity index (χ2n) is 4.29. The lowest BCUT2D eigenvalue weighted by molar-refractivity contribution is -0.138. The molecular weight excluding hydrogens is 210 g/mol. The van der Waals surface area contributed by atoms with E-state index in [9.17, 15) is 9.59 Å². The Hall–Kier alpha value is -1.30. The van der Waals surface area contributed by atoms with Crippen molar-refractivity contribution >= 4 is 12.0 Å². The zero-order valence-electron chi connectivity index (χ0n) is 9.93. The van der Waals surface area contributed by atoms with Crippen molar-refractivity contribution in [2.75, 3.05) is 26.7 Å². The minimum absolute atomic E-state index is 0.296. The van der Waals surface area contributed by atoms with Crippen LogP contribution in [0.5, 0.6) is 0 Å². The molecule has 0 aromatic heterocycles. The number of nitrogens with one attached hydrogen (secondary N) is 1. The molecule has 2 amide bonds. The maximum atomic E-state index is 11.7. The van der Waals surface area contributed by atoms with Crippen molar-refractivity contribution in [3.8, 4) is 0 Å². The molecule has 0 radical (unpaired) electrons. The molecule has 0 bridgehead atoms. The summed E-state index contributed by atoms with van der Waals surface area (Å²) in [6, 6.07) is -0.836. The maximum Gasteiger partial charge on any atom is 0.325 e. The molecule has 0 saturated carbocycles. The molecule has 0 aliphatic carbocycles. The molecule has 1 aliphatic heterocycles. The van der Waals surface area contributed by atoms with E-state index in [4.69, 9.17) is 5.11 Å². The molecule has 92 valence electrons. The molecule has 1 heterocycles. The van der Waals surface area contributed by atoms with Crippen molar-refractivity contribution < 1.29 is 14.7 Å². The van der Waals surface area contributed by atoms with Crippen LogP contribution in [0.2, 0.25) is 0 Å². The topological polar surface area (TPSA) is 72.9 Å². The molecule has 2 N–H and O–H groups in total. The van der Waals surface area contributed by atoms with Gasteiger partial charge >= 0.3 is 12.0 Å². The standard InChI is InChI=1S/C10H19N3O3/c1-7-6-13(5-4-12(7)3)10(16)11-8(2)9(14)15/h7-8H,4-6H2,1-3H3,(H,11,16)(H,14,15)/t7?,8-/m0/s1. The Morgan fingerprint density at radius 2 is 2.06 bits per heavy atom. The third-order valence-electron chi connectivity index (χ3n) is 2.96. The molecule has 6 nitrogen and oxygen atoms in total. The highest BCUT2D eigenvalue weighted by atomic mass is 16.4. The zero-order valence-corrected chi connectivity index (χ0v) is 9.93. The van der Waals surface area contributed by atoms with Crippen molar-refractivity contribution in [3.05, 3.63) is 0 Å². The number of piperazine rings is 1. The van der Waals surface area contributed by atoms with E-state index in [2.05, 4.69) is 10.2 Å². The molecule has 1 fully saturated rings. The van der Waals surface area contributed by atoms with Gasteiger partial charge in [-0.25, -0.2) is 4.79 Å². The molecule has 1 rings (SSSR count). The lowest BCUT2D eigenvalue weighted by Crippen LogP contribution is -2.56. The zero-order chi connectivity index (χ0) is 12.3. The molecule has 1 saturated heterocycles. The molecule has 0 aromatic rings. The Kier molecular flexibility index (Phi) is 4.12. The van der Waals surface area contributed by atoms with E-state index in [1.165, 1.54) is 6.92 Å². The van der Waals surface area contributed by atoms with Crippen LogP contribution < -0.4 is 5.32 Å². The van der Waals surface area contributed by atoms with Crippen LogP contribution >= 0.6 is 0 Å². The summed E-state index contributed by atoms with van der Waals surface area (Å²) in [7, 11) is 2.01. The average molecular weight is 229 g/mol. The molecule has 0 aromatic carbocycles. The van der Waals surface area contributed by atoms with Crippen molar-refractivity contribution in [1.29, 1.82) is 0 Å². The summed E-state index contributed by atoms with van der Waals surface area (Å²) >= 11 is 0. The Labute approximate surface area is 95.2 Å². The van der Waals surface area contributed by atoms with E-state index in [0.29, 0.717) is 19.1 Å². The maximum absolute atomic E-state index is 11.7. The Bertz CT molecular complexity index is 282. The van der Waals surface area contributed by atoms with Crippen molar-refractivity contribution in [2.24, 2.45) is 0 Å². The highest BCUT2D eigenvalue weighted by Crippen LogP contribution is 2.06. The van der Waals surface area contributed by atoms with Gasteiger partial charge in [-0.1, -0.05) is 0 Å². The largest absolute Gasteiger partial charge is 0.480 e. The van der Waals surface area contributed by atoms with Crippen molar-refractivity contribution in [2.45, 2.75) is 25.9 Å². The lowest BCUT2D eigenvalue weighted by Gasteiger charge is -2.37. The third kappa shape index (κ3) is 3.10. The minimum Gasteiger partial charge on any atom is -0.480 e. The second-order valence-corrected chi connectivity index (χ2v) is 4.29. The van der Waals surface area contributed by atoms with E-state index >= 15 is 0 Å². The third-order valence-corrected chi connectivity index (χ3v) is 2.96. The smallest absolute Gasteiger partial charge is 0.325 e.